The van der Waals surface area contributed by atoms with Gasteiger partial charge in [0.05, 0.1) is 6.61 Å². The van der Waals surface area contributed by atoms with E-state index in [2.05, 4.69) is 14.9 Å². The summed E-state index contributed by atoms with van der Waals surface area (Å²) in [6.07, 6.45) is 3.95. The topological polar surface area (TPSA) is 38.2 Å². The van der Waals surface area contributed by atoms with Crippen LogP contribution in [0.3, 0.4) is 0 Å². The Morgan fingerprint density at radius 3 is 2.93 bits per heavy atom. The number of ether oxygens (including phenoxy) is 1. The van der Waals surface area contributed by atoms with Gasteiger partial charge in [-0.05, 0) is 12.8 Å². The number of anilines is 1. The first kappa shape index (κ1) is 10.6. The lowest BCUT2D eigenvalue weighted by atomic mass is 10.4. The summed E-state index contributed by atoms with van der Waals surface area (Å²) < 4.78 is 5.08. The molecule has 0 bridgehead atoms. The van der Waals surface area contributed by atoms with E-state index < -0.39 is 0 Å². The van der Waals surface area contributed by atoms with Crippen molar-refractivity contribution in [3.63, 3.8) is 0 Å². The van der Waals surface area contributed by atoms with Crippen LogP contribution < -0.4 is 4.90 Å². The summed E-state index contributed by atoms with van der Waals surface area (Å²) in [6, 6.07) is 2.40. The molecule has 4 nitrogen and oxygen atoms in total. The smallest absolute Gasteiger partial charge is 0.134 e. The number of hydrogen-bond acceptors (Lipinski definition) is 4. The SMILES string of the molecule is COCCN(c1cc(Cl)ncn1)C1CC1. The summed E-state index contributed by atoms with van der Waals surface area (Å²) in [5, 5.41) is 0.489. The Kier molecular flexibility index (Phi) is 3.38. The van der Waals surface area contributed by atoms with E-state index in [1.54, 1.807) is 13.2 Å². The Labute approximate surface area is 94.2 Å². The van der Waals surface area contributed by atoms with Crippen molar-refractivity contribution in [2.75, 3.05) is 25.2 Å². The predicted molar refractivity (Wildman–Crippen MR) is 59.3 cm³/mol. The van der Waals surface area contributed by atoms with Gasteiger partial charge in [-0.1, -0.05) is 11.6 Å². The maximum Gasteiger partial charge on any atom is 0.134 e. The Morgan fingerprint density at radius 2 is 2.33 bits per heavy atom. The van der Waals surface area contributed by atoms with E-state index in [1.807, 2.05) is 0 Å². The molecular formula is C10H14ClN3O. The van der Waals surface area contributed by atoms with Crippen molar-refractivity contribution in [1.29, 1.82) is 0 Å². The molecule has 1 aromatic heterocycles. The second-order valence-electron chi connectivity index (χ2n) is 3.62. The third kappa shape index (κ3) is 2.79. The average molecular weight is 228 g/mol. The molecule has 0 radical (unpaired) electrons. The van der Waals surface area contributed by atoms with E-state index in [4.69, 9.17) is 16.3 Å². The van der Waals surface area contributed by atoms with Gasteiger partial charge in [-0.15, -0.1) is 0 Å². The summed E-state index contributed by atoms with van der Waals surface area (Å²) in [6.45, 7) is 1.56. The van der Waals surface area contributed by atoms with E-state index in [9.17, 15) is 0 Å². The normalized spacial score (nSPS) is 15.3. The van der Waals surface area contributed by atoms with Gasteiger partial charge in [-0.2, -0.15) is 0 Å². The first-order valence-corrected chi connectivity index (χ1v) is 5.42. The number of halogens is 1. The molecular weight excluding hydrogens is 214 g/mol. The van der Waals surface area contributed by atoms with Crippen molar-refractivity contribution < 1.29 is 4.74 Å². The second kappa shape index (κ2) is 4.77. The fraction of sp³-hybridized carbons (Fsp3) is 0.600. The monoisotopic (exact) mass is 227 g/mol. The molecule has 1 aromatic rings. The molecule has 0 atom stereocenters. The van der Waals surface area contributed by atoms with Crippen LogP contribution in [0.4, 0.5) is 5.82 Å². The Hall–Kier alpha value is -0.870. The van der Waals surface area contributed by atoms with Crippen LogP contribution in [0.15, 0.2) is 12.4 Å². The Bertz CT molecular complexity index is 330. The van der Waals surface area contributed by atoms with Gasteiger partial charge in [0, 0.05) is 25.8 Å². The molecule has 0 aliphatic heterocycles. The minimum Gasteiger partial charge on any atom is -0.383 e. The highest BCUT2D eigenvalue weighted by atomic mass is 35.5. The van der Waals surface area contributed by atoms with Gasteiger partial charge in [-0.25, -0.2) is 9.97 Å². The summed E-state index contributed by atoms with van der Waals surface area (Å²) in [4.78, 5) is 10.3. The van der Waals surface area contributed by atoms with Crippen LogP contribution >= 0.6 is 11.6 Å². The minimum atomic E-state index is 0.489. The van der Waals surface area contributed by atoms with Crippen molar-refractivity contribution in [2.45, 2.75) is 18.9 Å². The average Bonchev–Trinajstić information content (AvgIpc) is 3.03. The summed E-state index contributed by atoms with van der Waals surface area (Å²) in [7, 11) is 1.71. The van der Waals surface area contributed by atoms with Gasteiger partial charge in [0.2, 0.25) is 0 Å². The van der Waals surface area contributed by atoms with Crippen LogP contribution in [0.2, 0.25) is 5.15 Å². The highest BCUT2D eigenvalue weighted by Crippen LogP contribution is 2.30. The molecule has 0 spiro atoms. The third-order valence-corrected chi connectivity index (χ3v) is 2.64. The third-order valence-electron chi connectivity index (χ3n) is 2.44. The van der Waals surface area contributed by atoms with Crippen LogP contribution in [-0.4, -0.2) is 36.3 Å². The molecule has 1 heterocycles. The Balaban J connectivity index is 2.09. The zero-order valence-electron chi connectivity index (χ0n) is 8.69. The predicted octanol–water partition coefficient (Wildman–Crippen LogP) is 1.75. The highest BCUT2D eigenvalue weighted by Gasteiger charge is 2.29. The first-order valence-electron chi connectivity index (χ1n) is 5.04. The summed E-state index contributed by atoms with van der Waals surface area (Å²) in [5.74, 6) is 0.898. The quantitative estimate of drug-likeness (QED) is 0.719. The van der Waals surface area contributed by atoms with Crippen molar-refractivity contribution in [3.05, 3.63) is 17.5 Å². The van der Waals surface area contributed by atoms with Crippen molar-refractivity contribution in [2.24, 2.45) is 0 Å². The largest absolute Gasteiger partial charge is 0.383 e. The molecule has 0 N–H and O–H groups in total. The molecule has 82 valence electrons. The number of hydrogen-bond donors (Lipinski definition) is 0. The molecule has 15 heavy (non-hydrogen) atoms. The maximum atomic E-state index is 5.84. The highest BCUT2D eigenvalue weighted by molar-refractivity contribution is 6.29. The number of methoxy groups -OCH3 is 1. The van der Waals surface area contributed by atoms with Gasteiger partial charge in [-0.3, -0.25) is 0 Å². The van der Waals surface area contributed by atoms with E-state index in [-0.39, 0.29) is 0 Å². The molecule has 0 amide bonds. The lowest BCUT2D eigenvalue weighted by Gasteiger charge is -2.22. The van der Waals surface area contributed by atoms with E-state index in [1.165, 1.54) is 19.2 Å². The molecule has 0 unspecified atom stereocenters. The van der Waals surface area contributed by atoms with E-state index in [0.29, 0.717) is 17.8 Å². The number of nitrogens with zero attached hydrogens (tertiary/aromatic N) is 3. The molecule has 1 aliphatic rings. The van der Waals surface area contributed by atoms with Crippen LogP contribution in [0, 0.1) is 0 Å². The van der Waals surface area contributed by atoms with Crippen LogP contribution in [0.1, 0.15) is 12.8 Å². The van der Waals surface area contributed by atoms with Crippen molar-refractivity contribution in [3.8, 4) is 0 Å². The number of aromatic nitrogens is 2. The maximum absolute atomic E-state index is 5.84. The molecule has 1 fully saturated rings. The van der Waals surface area contributed by atoms with Crippen LogP contribution in [-0.2, 0) is 4.74 Å². The molecule has 0 aromatic carbocycles. The number of rotatable bonds is 5. The summed E-state index contributed by atoms with van der Waals surface area (Å²) >= 11 is 5.84. The lowest BCUT2D eigenvalue weighted by molar-refractivity contribution is 0.204. The zero-order valence-corrected chi connectivity index (χ0v) is 9.44. The van der Waals surface area contributed by atoms with Gasteiger partial charge in [0.25, 0.3) is 0 Å². The Morgan fingerprint density at radius 1 is 1.53 bits per heavy atom. The van der Waals surface area contributed by atoms with Gasteiger partial charge in [0.15, 0.2) is 0 Å². The van der Waals surface area contributed by atoms with Crippen LogP contribution in [0.5, 0.6) is 0 Å². The first-order chi connectivity index (χ1) is 7.31. The molecule has 5 heteroatoms. The van der Waals surface area contributed by atoms with E-state index >= 15 is 0 Å². The standard InChI is InChI=1S/C10H14ClN3O/c1-15-5-4-14(8-2-3-8)10-6-9(11)12-7-13-10/h6-8H,2-5H2,1H3. The second-order valence-corrected chi connectivity index (χ2v) is 4.00. The van der Waals surface area contributed by atoms with Gasteiger partial charge in [0.1, 0.15) is 17.3 Å². The summed E-state index contributed by atoms with van der Waals surface area (Å²) in [5.41, 5.74) is 0. The molecule has 1 aliphatic carbocycles. The van der Waals surface area contributed by atoms with Crippen LogP contribution in [0.25, 0.3) is 0 Å². The van der Waals surface area contributed by atoms with Gasteiger partial charge >= 0.3 is 0 Å². The minimum absolute atomic E-state index is 0.489. The fourth-order valence-electron chi connectivity index (χ4n) is 1.54. The van der Waals surface area contributed by atoms with Crippen molar-refractivity contribution in [1.82, 2.24) is 9.97 Å². The lowest BCUT2D eigenvalue weighted by Crippen LogP contribution is -2.30. The van der Waals surface area contributed by atoms with Crippen molar-refractivity contribution >= 4 is 17.4 Å². The molecule has 0 saturated heterocycles. The van der Waals surface area contributed by atoms with E-state index in [0.717, 1.165) is 12.4 Å². The molecule has 1 saturated carbocycles. The fourth-order valence-corrected chi connectivity index (χ4v) is 1.68. The molecule has 2 rings (SSSR count). The zero-order chi connectivity index (χ0) is 10.7. The van der Waals surface area contributed by atoms with Gasteiger partial charge < -0.3 is 9.64 Å².